The lowest BCUT2D eigenvalue weighted by Gasteiger charge is -2.09. The fourth-order valence-corrected chi connectivity index (χ4v) is 1.84. The van der Waals surface area contributed by atoms with Gasteiger partial charge in [0.25, 0.3) is 0 Å². The largest absolute Gasteiger partial charge is 0.419 e. The van der Waals surface area contributed by atoms with Crippen LogP contribution in [0.1, 0.15) is 27.0 Å². The number of carbonyl (C=O) groups is 1. The van der Waals surface area contributed by atoms with E-state index in [1.54, 1.807) is 25.1 Å². The highest BCUT2D eigenvalue weighted by molar-refractivity contribution is 6.09. The van der Waals surface area contributed by atoms with Crippen molar-refractivity contribution in [3.05, 3.63) is 70.5 Å². The third kappa shape index (κ3) is 2.87. The van der Waals surface area contributed by atoms with Crippen LogP contribution in [0, 0.1) is 12.7 Å². The van der Waals surface area contributed by atoms with Crippen molar-refractivity contribution in [2.24, 2.45) is 0 Å². The summed E-state index contributed by atoms with van der Waals surface area (Å²) in [5.74, 6) is -1.96. The van der Waals surface area contributed by atoms with E-state index in [0.717, 1.165) is 11.6 Å². The summed E-state index contributed by atoms with van der Waals surface area (Å²) in [7, 11) is 0. The van der Waals surface area contributed by atoms with Crippen molar-refractivity contribution in [2.75, 3.05) is 0 Å². The van der Waals surface area contributed by atoms with Crippen LogP contribution in [0.15, 0.2) is 42.5 Å². The average Bonchev–Trinajstić information content (AvgIpc) is 2.36. The van der Waals surface area contributed by atoms with Crippen molar-refractivity contribution in [3.8, 4) is 0 Å². The van der Waals surface area contributed by atoms with Gasteiger partial charge < -0.3 is 0 Å². The summed E-state index contributed by atoms with van der Waals surface area (Å²) in [5.41, 5.74) is -0.341. The van der Waals surface area contributed by atoms with Gasteiger partial charge in [0.2, 0.25) is 0 Å². The highest BCUT2D eigenvalue weighted by Gasteiger charge is 2.34. The topological polar surface area (TPSA) is 17.1 Å². The molecule has 0 saturated heterocycles. The number of halogens is 4. The summed E-state index contributed by atoms with van der Waals surface area (Å²) in [6.07, 6.45) is -4.77. The number of carbonyl (C=O) groups excluding carboxylic acids is 1. The Bertz CT molecular complexity index is 659. The number of hydrogen-bond acceptors (Lipinski definition) is 1. The lowest BCUT2D eigenvalue weighted by molar-refractivity contribution is -0.140. The highest BCUT2D eigenvalue weighted by Crippen LogP contribution is 2.31. The first-order chi connectivity index (χ1) is 9.29. The molecule has 0 unspecified atom stereocenters. The molecule has 104 valence electrons. The van der Waals surface area contributed by atoms with Gasteiger partial charge in [0.15, 0.2) is 5.78 Å². The van der Waals surface area contributed by atoms with Crippen LogP contribution < -0.4 is 0 Å². The van der Waals surface area contributed by atoms with E-state index in [-0.39, 0.29) is 5.56 Å². The van der Waals surface area contributed by atoms with Gasteiger partial charge in [-0.3, -0.25) is 4.79 Å². The summed E-state index contributed by atoms with van der Waals surface area (Å²) < 4.78 is 50.7. The summed E-state index contributed by atoms with van der Waals surface area (Å²) in [5, 5.41) is 0. The molecule has 0 N–H and O–H groups in total. The molecule has 0 fully saturated rings. The SMILES string of the molecule is Cc1cccc(C(=O)c2ccc(C(F)(F)F)c(F)c2)c1. The van der Waals surface area contributed by atoms with E-state index < -0.39 is 23.3 Å². The van der Waals surface area contributed by atoms with E-state index in [1.165, 1.54) is 6.07 Å². The molecule has 2 rings (SSSR count). The first-order valence-corrected chi connectivity index (χ1v) is 5.77. The number of hydrogen-bond donors (Lipinski definition) is 0. The smallest absolute Gasteiger partial charge is 0.289 e. The van der Waals surface area contributed by atoms with Crippen LogP contribution in [0.3, 0.4) is 0 Å². The Labute approximate surface area is 112 Å². The maximum absolute atomic E-state index is 13.4. The second-order valence-corrected chi connectivity index (χ2v) is 4.39. The van der Waals surface area contributed by atoms with Crippen molar-refractivity contribution in [2.45, 2.75) is 13.1 Å². The minimum Gasteiger partial charge on any atom is -0.289 e. The molecule has 0 bridgehead atoms. The van der Waals surface area contributed by atoms with Crippen LogP contribution in [-0.4, -0.2) is 5.78 Å². The molecule has 2 aromatic rings. The molecule has 5 heteroatoms. The van der Waals surface area contributed by atoms with Crippen LogP contribution in [0.25, 0.3) is 0 Å². The fraction of sp³-hybridized carbons (Fsp3) is 0.133. The lowest BCUT2D eigenvalue weighted by Crippen LogP contribution is -2.10. The molecule has 20 heavy (non-hydrogen) atoms. The Hall–Kier alpha value is -2.17. The van der Waals surface area contributed by atoms with Crippen LogP contribution >= 0.6 is 0 Å². The van der Waals surface area contributed by atoms with Crippen molar-refractivity contribution in [1.29, 1.82) is 0 Å². The average molecular weight is 282 g/mol. The van der Waals surface area contributed by atoms with Gasteiger partial charge in [0, 0.05) is 11.1 Å². The molecule has 0 aliphatic carbocycles. The molecule has 0 aliphatic rings. The Morgan fingerprint density at radius 2 is 1.65 bits per heavy atom. The van der Waals surface area contributed by atoms with Crippen LogP contribution in [0.4, 0.5) is 17.6 Å². The number of aryl methyl sites for hydroxylation is 1. The van der Waals surface area contributed by atoms with Gasteiger partial charge in [-0.2, -0.15) is 13.2 Å². The normalized spacial score (nSPS) is 11.4. The second-order valence-electron chi connectivity index (χ2n) is 4.39. The fourth-order valence-electron chi connectivity index (χ4n) is 1.84. The van der Waals surface area contributed by atoms with E-state index in [0.29, 0.717) is 17.7 Å². The molecule has 0 atom stereocenters. The number of ketones is 1. The second kappa shape index (κ2) is 5.07. The van der Waals surface area contributed by atoms with Gasteiger partial charge in [0.05, 0.1) is 5.56 Å². The monoisotopic (exact) mass is 282 g/mol. The van der Waals surface area contributed by atoms with Gasteiger partial charge in [0.1, 0.15) is 5.82 Å². The summed E-state index contributed by atoms with van der Waals surface area (Å²) in [6.45, 7) is 1.78. The van der Waals surface area contributed by atoms with Gasteiger partial charge in [-0.25, -0.2) is 4.39 Å². The third-order valence-electron chi connectivity index (χ3n) is 2.82. The van der Waals surface area contributed by atoms with Gasteiger partial charge in [-0.05, 0) is 25.1 Å². The van der Waals surface area contributed by atoms with Gasteiger partial charge in [-0.15, -0.1) is 0 Å². The van der Waals surface area contributed by atoms with E-state index in [2.05, 4.69) is 0 Å². The Kier molecular flexibility index (Phi) is 3.61. The molecule has 0 spiro atoms. The third-order valence-corrected chi connectivity index (χ3v) is 2.82. The van der Waals surface area contributed by atoms with E-state index in [4.69, 9.17) is 0 Å². The number of rotatable bonds is 2. The molecule has 2 aromatic carbocycles. The molecule has 0 saturated carbocycles. The van der Waals surface area contributed by atoms with Crippen molar-refractivity contribution < 1.29 is 22.4 Å². The zero-order valence-electron chi connectivity index (χ0n) is 10.5. The minimum atomic E-state index is -4.77. The van der Waals surface area contributed by atoms with Crippen molar-refractivity contribution in [3.63, 3.8) is 0 Å². The minimum absolute atomic E-state index is 0.110. The van der Waals surface area contributed by atoms with Crippen LogP contribution in [0.2, 0.25) is 0 Å². The molecule has 0 aliphatic heterocycles. The molecule has 0 radical (unpaired) electrons. The van der Waals surface area contributed by atoms with Gasteiger partial charge >= 0.3 is 6.18 Å². The number of alkyl halides is 3. The molecular formula is C15H10F4O. The van der Waals surface area contributed by atoms with Gasteiger partial charge in [-0.1, -0.05) is 29.8 Å². The number of benzene rings is 2. The zero-order valence-corrected chi connectivity index (χ0v) is 10.5. The van der Waals surface area contributed by atoms with E-state index >= 15 is 0 Å². The molecule has 1 nitrogen and oxygen atoms in total. The van der Waals surface area contributed by atoms with E-state index in [1.807, 2.05) is 0 Å². The summed E-state index contributed by atoms with van der Waals surface area (Å²) in [6, 6.07) is 8.75. The Morgan fingerprint density at radius 3 is 2.20 bits per heavy atom. The maximum Gasteiger partial charge on any atom is 0.419 e. The quantitative estimate of drug-likeness (QED) is 0.590. The molecular weight excluding hydrogens is 272 g/mol. The van der Waals surface area contributed by atoms with E-state index in [9.17, 15) is 22.4 Å². The highest BCUT2D eigenvalue weighted by atomic mass is 19.4. The first-order valence-electron chi connectivity index (χ1n) is 5.77. The molecule has 0 heterocycles. The predicted molar refractivity (Wildman–Crippen MR) is 66.0 cm³/mol. The Balaban J connectivity index is 2.40. The standard InChI is InChI=1S/C15H10F4O/c1-9-3-2-4-10(7-9)14(20)11-5-6-12(13(16)8-11)15(17,18)19/h2-8H,1H3. The zero-order chi connectivity index (χ0) is 14.9. The summed E-state index contributed by atoms with van der Waals surface area (Å²) >= 11 is 0. The lowest BCUT2D eigenvalue weighted by atomic mass is 10.0. The van der Waals surface area contributed by atoms with Crippen molar-refractivity contribution >= 4 is 5.78 Å². The first kappa shape index (κ1) is 14.2. The predicted octanol–water partition coefficient (Wildman–Crippen LogP) is 4.38. The maximum atomic E-state index is 13.4. The molecule has 0 aromatic heterocycles. The van der Waals surface area contributed by atoms with Crippen molar-refractivity contribution in [1.82, 2.24) is 0 Å². The van der Waals surface area contributed by atoms with Crippen LogP contribution in [0.5, 0.6) is 0 Å². The Morgan fingerprint density at radius 1 is 1.00 bits per heavy atom. The summed E-state index contributed by atoms with van der Waals surface area (Å²) in [4.78, 5) is 12.1. The van der Waals surface area contributed by atoms with Crippen LogP contribution in [-0.2, 0) is 6.18 Å². The molecule has 0 amide bonds.